The molecule has 0 saturated heterocycles. The standard InChI is InChI=1S/C16H16O2/c1-12(14-5-3-13(11-17)4-6-14)15-7-9-16(18-2)10-8-15/h3-12H,1-2H3. The monoisotopic (exact) mass is 240 g/mol. The van der Waals surface area contributed by atoms with Gasteiger partial charge in [0.2, 0.25) is 0 Å². The predicted molar refractivity (Wildman–Crippen MR) is 72.3 cm³/mol. The lowest BCUT2D eigenvalue weighted by Gasteiger charge is -2.13. The molecule has 0 saturated carbocycles. The van der Waals surface area contributed by atoms with Crippen molar-refractivity contribution in [3.63, 3.8) is 0 Å². The molecule has 0 aliphatic heterocycles. The molecule has 2 rings (SSSR count). The Bertz CT molecular complexity index is 512. The van der Waals surface area contributed by atoms with Gasteiger partial charge in [0, 0.05) is 11.5 Å². The van der Waals surface area contributed by atoms with Crippen molar-refractivity contribution in [3.05, 3.63) is 65.2 Å². The van der Waals surface area contributed by atoms with Gasteiger partial charge in [0.15, 0.2) is 0 Å². The normalized spacial score (nSPS) is 11.9. The largest absolute Gasteiger partial charge is 0.497 e. The van der Waals surface area contributed by atoms with Gasteiger partial charge >= 0.3 is 0 Å². The second-order valence-corrected chi connectivity index (χ2v) is 4.28. The van der Waals surface area contributed by atoms with E-state index in [-0.39, 0.29) is 0 Å². The van der Waals surface area contributed by atoms with E-state index >= 15 is 0 Å². The number of rotatable bonds is 4. The van der Waals surface area contributed by atoms with Gasteiger partial charge in [-0.25, -0.2) is 0 Å². The van der Waals surface area contributed by atoms with E-state index in [9.17, 15) is 4.79 Å². The van der Waals surface area contributed by atoms with Crippen molar-refractivity contribution in [3.8, 4) is 5.75 Å². The molecule has 2 aromatic rings. The van der Waals surface area contributed by atoms with Crippen molar-refractivity contribution in [2.24, 2.45) is 0 Å². The van der Waals surface area contributed by atoms with Crippen LogP contribution in [0.2, 0.25) is 0 Å². The Hall–Kier alpha value is -2.09. The van der Waals surface area contributed by atoms with Crippen LogP contribution in [-0.4, -0.2) is 13.4 Å². The minimum atomic E-state index is 0.302. The Labute approximate surface area is 107 Å². The van der Waals surface area contributed by atoms with E-state index in [4.69, 9.17) is 4.74 Å². The van der Waals surface area contributed by atoms with Crippen LogP contribution in [0, 0.1) is 0 Å². The number of benzene rings is 2. The molecule has 18 heavy (non-hydrogen) atoms. The first-order chi connectivity index (χ1) is 8.74. The van der Waals surface area contributed by atoms with E-state index in [0.29, 0.717) is 11.5 Å². The Morgan fingerprint density at radius 3 is 1.89 bits per heavy atom. The Morgan fingerprint density at radius 2 is 1.44 bits per heavy atom. The molecule has 2 nitrogen and oxygen atoms in total. The van der Waals surface area contributed by atoms with Crippen LogP contribution in [0.5, 0.6) is 5.75 Å². The number of ether oxygens (including phenoxy) is 1. The molecule has 0 amide bonds. The number of aldehydes is 1. The zero-order valence-corrected chi connectivity index (χ0v) is 10.6. The van der Waals surface area contributed by atoms with Gasteiger partial charge in [0.05, 0.1) is 7.11 Å². The van der Waals surface area contributed by atoms with Gasteiger partial charge < -0.3 is 4.74 Å². The summed E-state index contributed by atoms with van der Waals surface area (Å²) in [5.41, 5.74) is 3.14. The summed E-state index contributed by atoms with van der Waals surface area (Å²) in [6.07, 6.45) is 0.863. The number of methoxy groups -OCH3 is 1. The van der Waals surface area contributed by atoms with Crippen molar-refractivity contribution in [2.75, 3.05) is 7.11 Å². The third-order valence-electron chi connectivity index (χ3n) is 3.19. The Kier molecular flexibility index (Phi) is 3.78. The summed E-state index contributed by atoms with van der Waals surface area (Å²) < 4.78 is 5.15. The topological polar surface area (TPSA) is 26.3 Å². The average Bonchev–Trinajstić information content (AvgIpc) is 2.47. The quantitative estimate of drug-likeness (QED) is 0.762. The smallest absolute Gasteiger partial charge is 0.150 e. The third kappa shape index (κ3) is 2.59. The highest BCUT2D eigenvalue weighted by molar-refractivity contribution is 5.74. The van der Waals surface area contributed by atoms with Crippen LogP contribution in [-0.2, 0) is 0 Å². The summed E-state index contributed by atoms with van der Waals surface area (Å²) in [5, 5.41) is 0. The molecule has 0 N–H and O–H groups in total. The summed E-state index contributed by atoms with van der Waals surface area (Å²) in [6, 6.07) is 15.8. The fourth-order valence-corrected chi connectivity index (χ4v) is 1.95. The zero-order valence-electron chi connectivity index (χ0n) is 10.6. The minimum Gasteiger partial charge on any atom is -0.497 e. The lowest BCUT2D eigenvalue weighted by Crippen LogP contribution is -1.96. The highest BCUT2D eigenvalue weighted by Gasteiger charge is 2.08. The maximum atomic E-state index is 10.6. The van der Waals surface area contributed by atoms with Crippen molar-refractivity contribution in [1.82, 2.24) is 0 Å². The highest BCUT2D eigenvalue weighted by Crippen LogP contribution is 2.25. The van der Waals surface area contributed by atoms with Crippen LogP contribution < -0.4 is 4.74 Å². The van der Waals surface area contributed by atoms with E-state index in [1.54, 1.807) is 7.11 Å². The summed E-state index contributed by atoms with van der Waals surface area (Å²) in [7, 11) is 1.66. The van der Waals surface area contributed by atoms with Crippen LogP contribution in [0.3, 0.4) is 0 Å². The number of carbonyl (C=O) groups excluding carboxylic acids is 1. The second-order valence-electron chi connectivity index (χ2n) is 4.28. The van der Waals surface area contributed by atoms with Crippen LogP contribution in [0.15, 0.2) is 48.5 Å². The first-order valence-corrected chi connectivity index (χ1v) is 5.93. The molecule has 0 aromatic heterocycles. The molecule has 2 aromatic carbocycles. The molecule has 92 valence electrons. The van der Waals surface area contributed by atoms with Gasteiger partial charge in [-0.2, -0.15) is 0 Å². The fourth-order valence-electron chi connectivity index (χ4n) is 1.95. The summed E-state index contributed by atoms with van der Waals surface area (Å²) in [5.74, 6) is 1.17. The lowest BCUT2D eigenvalue weighted by molar-refractivity contribution is 0.112. The zero-order chi connectivity index (χ0) is 13.0. The van der Waals surface area contributed by atoms with Crippen molar-refractivity contribution >= 4 is 6.29 Å². The van der Waals surface area contributed by atoms with Gasteiger partial charge in [-0.3, -0.25) is 4.79 Å². The van der Waals surface area contributed by atoms with Crippen LogP contribution in [0.25, 0.3) is 0 Å². The van der Waals surface area contributed by atoms with Crippen molar-refractivity contribution < 1.29 is 9.53 Å². The molecule has 1 unspecified atom stereocenters. The van der Waals surface area contributed by atoms with Crippen LogP contribution in [0.1, 0.15) is 34.3 Å². The Balaban J connectivity index is 2.22. The van der Waals surface area contributed by atoms with Gasteiger partial charge in [-0.05, 0) is 23.3 Å². The number of carbonyl (C=O) groups is 1. The third-order valence-corrected chi connectivity index (χ3v) is 3.19. The van der Waals surface area contributed by atoms with Crippen LogP contribution >= 0.6 is 0 Å². The summed E-state index contributed by atoms with van der Waals surface area (Å²) in [4.78, 5) is 10.6. The van der Waals surface area contributed by atoms with E-state index in [1.807, 2.05) is 36.4 Å². The van der Waals surface area contributed by atoms with E-state index < -0.39 is 0 Å². The van der Waals surface area contributed by atoms with Gasteiger partial charge in [0.1, 0.15) is 12.0 Å². The highest BCUT2D eigenvalue weighted by atomic mass is 16.5. The summed E-state index contributed by atoms with van der Waals surface area (Å²) >= 11 is 0. The molecule has 0 radical (unpaired) electrons. The number of hydrogen-bond donors (Lipinski definition) is 0. The molecule has 0 heterocycles. The van der Waals surface area contributed by atoms with E-state index in [2.05, 4.69) is 19.1 Å². The minimum absolute atomic E-state index is 0.302. The van der Waals surface area contributed by atoms with Crippen molar-refractivity contribution in [1.29, 1.82) is 0 Å². The van der Waals surface area contributed by atoms with Gasteiger partial charge in [-0.1, -0.05) is 43.3 Å². The molecule has 0 aliphatic carbocycles. The molecule has 0 aliphatic rings. The van der Waals surface area contributed by atoms with Gasteiger partial charge in [-0.15, -0.1) is 0 Å². The molecule has 0 spiro atoms. The first kappa shape index (κ1) is 12.4. The molecule has 1 atom stereocenters. The lowest BCUT2D eigenvalue weighted by atomic mass is 9.92. The van der Waals surface area contributed by atoms with E-state index in [1.165, 1.54) is 11.1 Å². The van der Waals surface area contributed by atoms with Crippen LogP contribution in [0.4, 0.5) is 0 Å². The van der Waals surface area contributed by atoms with E-state index in [0.717, 1.165) is 12.0 Å². The maximum absolute atomic E-state index is 10.6. The summed E-state index contributed by atoms with van der Waals surface area (Å²) in [6.45, 7) is 2.15. The molecule has 0 bridgehead atoms. The van der Waals surface area contributed by atoms with Gasteiger partial charge in [0.25, 0.3) is 0 Å². The SMILES string of the molecule is COc1ccc(C(C)c2ccc(C=O)cc2)cc1. The fraction of sp³-hybridized carbons (Fsp3) is 0.188. The molecular formula is C16H16O2. The Morgan fingerprint density at radius 1 is 0.944 bits per heavy atom. The maximum Gasteiger partial charge on any atom is 0.150 e. The predicted octanol–water partition coefficient (Wildman–Crippen LogP) is 3.66. The molecule has 0 fully saturated rings. The van der Waals surface area contributed by atoms with Crippen molar-refractivity contribution in [2.45, 2.75) is 12.8 Å². The second kappa shape index (κ2) is 5.50. The average molecular weight is 240 g/mol. The molecular weight excluding hydrogens is 224 g/mol. The number of hydrogen-bond acceptors (Lipinski definition) is 2. The molecule has 2 heteroatoms. The first-order valence-electron chi connectivity index (χ1n) is 5.93.